The third kappa shape index (κ3) is 4.78. The Hall–Kier alpha value is -0.940. The Kier molecular flexibility index (Phi) is 5.28. The average molecular weight is 324 g/mol. The van der Waals surface area contributed by atoms with Crippen molar-refractivity contribution in [2.45, 2.75) is 65.4 Å². The smallest absolute Gasteiger partial charge is 0.226 e. The van der Waals surface area contributed by atoms with Crippen LogP contribution in [0.5, 0.6) is 0 Å². The fourth-order valence-electron chi connectivity index (χ4n) is 3.18. The highest BCUT2D eigenvalue weighted by Crippen LogP contribution is 2.41. The van der Waals surface area contributed by atoms with E-state index in [1.54, 1.807) is 11.3 Å². The number of aliphatic hydroxyl groups is 1. The number of rotatable bonds is 4. The van der Waals surface area contributed by atoms with Crippen molar-refractivity contribution in [1.82, 2.24) is 10.3 Å². The average Bonchev–Trinajstić information content (AvgIpc) is 2.81. The molecule has 0 unspecified atom stereocenters. The summed E-state index contributed by atoms with van der Waals surface area (Å²) in [5, 5.41) is 16.4. The number of hydrogen-bond donors (Lipinski definition) is 2. The maximum Gasteiger partial charge on any atom is 0.226 e. The number of carbonyl (C=O) groups excluding carboxylic acids is 1. The monoisotopic (exact) mass is 324 g/mol. The van der Waals surface area contributed by atoms with Crippen molar-refractivity contribution in [2.75, 3.05) is 6.54 Å². The van der Waals surface area contributed by atoms with E-state index in [1.807, 2.05) is 12.3 Å². The molecular weight excluding hydrogens is 296 g/mol. The van der Waals surface area contributed by atoms with Gasteiger partial charge in [0.05, 0.1) is 22.7 Å². The van der Waals surface area contributed by atoms with E-state index in [-0.39, 0.29) is 5.91 Å². The Balaban J connectivity index is 1.78. The van der Waals surface area contributed by atoms with Crippen LogP contribution in [-0.2, 0) is 11.2 Å². The second-order valence-corrected chi connectivity index (χ2v) is 8.74. The molecule has 0 radical (unpaired) electrons. The van der Waals surface area contributed by atoms with Crippen LogP contribution in [0.2, 0.25) is 0 Å². The molecule has 5 heteroatoms. The van der Waals surface area contributed by atoms with Gasteiger partial charge >= 0.3 is 0 Å². The van der Waals surface area contributed by atoms with Gasteiger partial charge in [-0.3, -0.25) is 4.79 Å². The van der Waals surface area contributed by atoms with Gasteiger partial charge in [0.2, 0.25) is 5.91 Å². The molecule has 0 saturated heterocycles. The van der Waals surface area contributed by atoms with Crippen LogP contribution >= 0.6 is 11.3 Å². The van der Waals surface area contributed by atoms with Gasteiger partial charge in [0, 0.05) is 11.9 Å². The fraction of sp³-hybridized carbons (Fsp3) is 0.765. The molecule has 2 N–H and O–H groups in total. The Morgan fingerprint density at radius 2 is 2.09 bits per heavy atom. The Bertz CT molecular complexity index is 511. The largest absolute Gasteiger partial charge is 0.388 e. The molecule has 0 spiro atoms. The lowest BCUT2D eigenvalue weighted by atomic mass is 9.68. The molecule has 1 saturated carbocycles. The van der Waals surface area contributed by atoms with Crippen molar-refractivity contribution in [3.05, 3.63) is 16.1 Å². The molecule has 1 aliphatic carbocycles. The molecule has 124 valence electrons. The van der Waals surface area contributed by atoms with Crippen LogP contribution in [-0.4, -0.2) is 28.1 Å². The first-order valence-electron chi connectivity index (χ1n) is 8.08. The lowest BCUT2D eigenvalue weighted by molar-refractivity contribution is -0.122. The molecule has 1 heterocycles. The number of thiazole rings is 1. The predicted molar refractivity (Wildman–Crippen MR) is 89.9 cm³/mol. The quantitative estimate of drug-likeness (QED) is 0.894. The van der Waals surface area contributed by atoms with Gasteiger partial charge in [0.25, 0.3) is 0 Å². The Morgan fingerprint density at radius 1 is 1.45 bits per heavy atom. The van der Waals surface area contributed by atoms with Gasteiger partial charge in [-0.1, -0.05) is 20.8 Å². The van der Waals surface area contributed by atoms with Gasteiger partial charge in [-0.2, -0.15) is 0 Å². The standard InChI is InChI=1S/C17H28N2O2S/c1-12-19-14(10-22-12)9-15(20)18-11-17(21)7-5-13(6-8-17)16(2,3)4/h10,13,21H,5-9,11H2,1-4H3,(H,18,20). The van der Waals surface area contributed by atoms with Crippen LogP contribution in [0.3, 0.4) is 0 Å². The molecule has 1 fully saturated rings. The summed E-state index contributed by atoms with van der Waals surface area (Å²) in [5.41, 5.74) is 0.367. The summed E-state index contributed by atoms with van der Waals surface area (Å²) in [4.78, 5) is 16.3. The molecule has 0 atom stereocenters. The molecule has 1 amide bonds. The first-order chi connectivity index (χ1) is 10.2. The highest BCUT2D eigenvalue weighted by Gasteiger charge is 2.37. The van der Waals surface area contributed by atoms with Crippen LogP contribution in [0.1, 0.15) is 57.2 Å². The van der Waals surface area contributed by atoms with Crippen LogP contribution in [0.15, 0.2) is 5.38 Å². The molecule has 2 rings (SSSR count). The van der Waals surface area contributed by atoms with Crippen molar-refractivity contribution in [1.29, 1.82) is 0 Å². The minimum absolute atomic E-state index is 0.0586. The minimum Gasteiger partial charge on any atom is -0.388 e. The highest BCUT2D eigenvalue weighted by molar-refractivity contribution is 7.09. The van der Waals surface area contributed by atoms with E-state index in [0.29, 0.717) is 24.3 Å². The summed E-state index contributed by atoms with van der Waals surface area (Å²) in [6.45, 7) is 9.08. The van der Waals surface area contributed by atoms with Crippen molar-refractivity contribution in [3.8, 4) is 0 Å². The van der Waals surface area contributed by atoms with Crippen molar-refractivity contribution in [2.24, 2.45) is 11.3 Å². The molecular formula is C17H28N2O2S. The second kappa shape index (κ2) is 6.67. The van der Waals surface area contributed by atoms with Crippen LogP contribution < -0.4 is 5.32 Å². The van der Waals surface area contributed by atoms with Crippen molar-refractivity contribution in [3.63, 3.8) is 0 Å². The highest BCUT2D eigenvalue weighted by atomic mass is 32.1. The van der Waals surface area contributed by atoms with E-state index in [2.05, 4.69) is 31.1 Å². The molecule has 0 bridgehead atoms. The lowest BCUT2D eigenvalue weighted by Crippen LogP contribution is -2.46. The minimum atomic E-state index is -0.741. The third-order valence-electron chi connectivity index (χ3n) is 4.76. The van der Waals surface area contributed by atoms with Crippen LogP contribution in [0.4, 0.5) is 0 Å². The number of aryl methyl sites for hydroxylation is 1. The Labute approximate surface area is 137 Å². The zero-order chi connectivity index (χ0) is 16.4. The summed E-state index contributed by atoms with van der Waals surface area (Å²) < 4.78 is 0. The number of hydrogen-bond acceptors (Lipinski definition) is 4. The number of nitrogens with zero attached hydrogens (tertiary/aromatic N) is 1. The number of carbonyl (C=O) groups is 1. The van der Waals surface area contributed by atoms with Crippen molar-refractivity contribution >= 4 is 17.2 Å². The lowest BCUT2D eigenvalue weighted by Gasteiger charge is -2.41. The van der Waals surface area contributed by atoms with Gasteiger partial charge in [0.15, 0.2) is 0 Å². The van der Waals surface area contributed by atoms with Gasteiger partial charge in [0.1, 0.15) is 0 Å². The van der Waals surface area contributed by atoms with E-state index in [0.717, 1.165) is 36.4 Å². The zero-order valence-electron chi connectivity index (χ0n) is 14.1. The molecule has 1 aliphatic rings. The Morgan fingerprint density at radius 3 is 2.59 bits per heavy atom. The molecule has 0 aromatic carbocycles. The maximum absolute atomic E-state index is 12.0. The SMILES string of the molecule is Cc1nc(CC(=O)NCC2(O)CCC(C(C)(C)C)CC2)cs1. The molecule has 4 nitrogen and oxygen atoms in total. The zero-order valence-corrected chi connectivity index (χ0v) is 14.9. The summed E-state index contributed by atoms with van der Waals surface area (Å²) in [6.07, 6.45) is 3.89. The molecule has 1 aromatic rings. The van der Waals surface area contributed by atoms with E-state index in [9.17, 15) is 9.90 Å². The topological polar surface area (TPSA) is 62.2 Å². The van der Waals surface area contributed by atoms with Gasteiger partial charge in [-0.25, -0.2) is 4.98 Å². The molecule has 22 heavy (non-hydrogen) atoms. The van der Waals surface area contributed by atoms with Gasteiger partial charge < -0.3 is 10.4 Å². The van der Waals surface area contributed by atoms with E-state index < -0.39 is 5.60 Å². The van der Waals surface area contributed by atoms with E-state index in [1.165, 1.54) is 0 Å². The summed E-state index contributed by atoms with van der Waals surface area (Å²) in [7, 11) is 0. The van der Waals surface area contributed by atoms with Crippen LogP contribution in [0, 0.1) is 18.3 Å². The number of nitrogens with one attached hydrogen (secondary N) is 1. The summed E-state index contributed by atoms with van der Waals surface area (Å²) in [5.74, 6) is 0.595. The van der Waals surface area contributed by atoms with Crippen LogP contribution in [0.25, 0.3) is 0 Å². The normalized spacial score (nSPS) is 26.0. The first kappa shape index (κ1) is 17.4. The van der Waals surface area contributed by atoms with Gasteiger partial charge in [-0.05, 0) is 43.9 Å². The van der Waals surface area contributed by atoms with Gasteiger partial charge in [-0.15, -0.1) is 11.3 Å². The fourth-order valence-corrected chi connectivity index (χ4v) is 3.79. The number of aromatic nitrogens is 1. The first-order valence-corrected chi connectivity index (χ1v) is 8.96. The second-order valence-electron chi connectivity index (χ2n) is 7.68. The van der Waals surface area contributed by atoms with E-state index in [4.69, 9.17) is 0 Å². The third-order valence-corrected chi connectivity index (χ3v) is 5.59. The maximum atomic E-state index is 12.0. The van der Waals surface area contributed by atoms with Crippen molar-refractivity contribution < 1.29 is 9.90 Å². The summed E-state index contributed by atoms with van der Waals surface area (Å²) in [6, 6.07) is 0. The molecule has 1 aromatic heterocycles. The molecule has 0 aliphatic heterocycles. The van der Waals surface area contributed by atoms with E-state index >= 15 is 0 Å². The number of amides is 1. The predicted octanol–water partition coefficient (Wildman–Crippen LogP) is 3.08. The summed E-state index contributed by atoms with van der Waals surface area (Å²) >= 11 is 1.55.